The summed E-state index contributed by atoms with van der Waals surface area (Å²) in [5.74, 6) is -2.31. The first-order valence-corrected chi connectivity index (χ1v) is 12.1. The number of aryl methyl sites for hydroxylation is 1. The highest BCUT2D eigenvalue weighted by Crippen LogP contribution is 2.59. The van der Waals surface area contributed by atoms with Gasteiger partial charge in [0.05, 0.1) is 41.3 Å². The summed E-state index contributed by atoms with van der Waals surface area (Å²) < 4.78 is 6.37. The van der Waals surface area contributed by atoms with E-state index in [2.05, 4.69) is 10.6 Å². The summed E-state index contributed by atoms with van der Waals surface area (Å²) in [6.07, 6.45) is 1.96. The van der Waals surface area contributed by atoms with Crippen molar-refractivity contribution in [3.05, 3.63) is 28.8 Å². The fourth-order valence-corrected chi connectivity index (χ4v) is 6.11. The Hall–Kier alpha value is -2.16. The van der Waals surface area contributed by atoms with Gasteiger partial charge in [-0.3, -0.25) is 14.4 Å². The molecule has 0 aliphatic carbocycles. The monoisotopic (exact) mass is 477 g/mol. The van der Waals surface area contributed by atoms with Crippen LogP contribution in [0.3, 0.4) is 0 Å². The molecule has 1 aromatic rings. The van der Waals surface area contributed by atoms with Crippen LogP contribution in [0.2, 0.25) is 5.02 Å². The number of hydrogen-bond donors (Lipinski definition) is 3. The number of aliphatic hydroxyl groups excluding tert-OH is 1. The quantitative estimate of drug-likeness (QED) is 0.532. The van der Waals surface area contributed by atoms with Crippen LogP contribution in [0.5, 0.6) is 0 Å². The smallest absolute Gasteiger partial charge is 0.250 e. The Morgan fingerprint density at radius 1 is 1.33 bits per heavy atom. The second-order valence-electron chi connectivity index (χ2n) is 9.26. The Kier molecular flexibility index (Phi) is 6.71. The fourth-order valence-electron chi connectivity index (χ4n) is 5.85. The molecule has 1 spiro atoms. The van der Waals surface area contributed by atoms with Gasteiger partial charge in [-0.2, -0.15) is 0 Å². The van der Waals surface area contributed by atoms with E-state index in [0.717, 1.165) is 12.0 Å². The van der Waals surface area contributed by atoms with E-state index >= 15 is 0 Å². The lowest BCUT2D eigenvalue weighted by atomic mass is 9.70. The van der Waals surface area contributed by atoms with Gasteiger partial charge in [-0.25, -0.2) is 0 Å². The van der Waals surface area contributed by atoms with E-state index in [1.165, 1.54) is 4.90 Å². The van der Waals surface area contributed by atoms with E-state index in [-0.39, 0.29) is 18.4 Å². The molecule has 3 saturated heterocycles. The van der Waals surface area contributed by atoms with Crippen molar-refractivity contribution in [1.82, 2.24) is 10.2 Å². The lowest BCUT2D eigenvalue weighted by molar-refractivity contribution is -0.144. The Labute approximate surface area is 199 Å². The zero-order valence-corrected chi connectivity index (χ0v) is 20.0. The molecule has 3 aliphatic rings. The third-order valence-corrected chi connectivity index (χ3v) is 7.70. The van der Waals surface area contributed by atoms with Crippen LogP contribution < -0.4 is 10.6 Å². The van der Waals surface area contributed by atoms with Gasteiger partial charge in [0.2, 0.25) is 17.7 Å². The number of carbonyl (C=O) groups is 3. The molecule has 33 heavy (non-hydrogen) atoms. The molecular weight excluding hydrogens is 446 g/mol. The van der Waals surface area contributed by atoms with E-state index in [1.54, 1.807) is 12.1 Å². The molecule has 4 rings (SSSR count). The summed E-state index contributed by atoms with van der Waals surface area (Å²) in [6, 6.07) is 3.82. The number of fused-ring (bicyclic) bond motifs is 1. The highest BCUT2D eigenvalue weighted by atomic mass is 35.5. The third kappa shape index (κ3) is 3.72. The molecular formula is C24H32ClN3O5. The average molecular weight is 478 g/mol. The van der Waals surface area contributed by atoms with Crippen molar-refractivity contribution in [3.63, 3.8) is 0 Å². The maximum Gasteiger partial charge on any atom is 0.250 e. The maximum absolute atomic E-state index is 13.8. The summed E-state index contributed by atoms with van der Waals surface area (Å²) in [5, 5.41) is 16.3. The normalized spacial score (nSPS) is 30.9. The molecule has 8 nitrogen and oxygen atoms in total. The first-order valence-electron chi connectivity index (χ1n) is 11.7. The molecule has 2 bridgehead atoms. The SMILES string of the molecule is CCCNC(=O)[C@@H]1[C@H]2C(=O)N([C@@H](CC)CO)C(C(=O)Nc3c(C)cccc3Cl)C23CC[C@H]1O3. The molecule has 3 heterocycles. The topological polar surface area (TPSA) is 108 Å². The number of amides is 3. The number of anilines is 1. The second kappa shape index (κ2) is 9.24. The van der Waals surface area contributed by atoms with Gasteiger partial charge < -0.3 is 25.4 Å². The largest absolute Gasteiger partial charge is 0.394 e. The molecule has 3 amide bonds. The Bertz CT molecular complexity index is 932. The van der Waals surface area contributed by atoms with Crippen molar-refractivity contribution in [2.45, 2.75) is 70.2 Å². The summed E-state index contributed by atoms with van der Waals surface area (Å²) in [5.41, 5.74) is 0.180. The van der Waals surface area contributed by atoms with Crippen molar-refractivity contribution in [3.8, 4) is 0 Å². The van der Waals surface area contributed by atoms with Crippen LogP contribution in [-0.2, 0) is 19.1 Å². The fraction of sp³-hybridized carbons (Fsp3) is 0.625. The number of nitrogens with zero attached hydrogens (tertiary/aromatic N) is 1. The summed E-state index contributed by atoms with van der Waals surface area (Å²) in [4.78, 5) is 42.0. The minimum absolute atomic E-state index is 0.207. The number of hydrogen-bond acceptors (Lipinski definition) is 5. The van der Waals surface area contributed by atoms with Gasteiger partial charge in [0.25, 0.3) is 0 Å². The number of likely N-dealkylation sites (tertiary alicyclic amines) is 1. The molecule has 0 radical (unpaired) electrons. The first kappa shape index (κ1) is 24.0. The lowest BCUT2D eigenvalue weighted by Crippen LogP contribution is -2.56. The van der Waals surface area contributed by atoms with E-state index in [4.69, 9.17) is 16.3 Å². The molecule has 180 valence electrons. The molecule has 1 aromatic carbocycles. The molecule has 3 fully saturated rings. The number of halogens is 1. The van der Waals surface area contributed by atoms with Crippen LogP contribution in [-0.4, -0.2) is 64.7 Å². The minimum atomic E-state index is -1.10. The van der Waals surface area contributed by atoms with Crippen LogP contribution in [0.4, 0.5) is 5.69 Å². The van der Waals surface area contributed by atoms with Crippen LogP contribution in [0.1, 0.15) is 45.1 Å². The van der Waals surface area contributed by atoms with Crippen LogP contribution in [0, 0.1) is 18.8 Å². The van der Waals surface area contributed by atoms with E-state index in [1.807, 2.05) is 26.8 Å². The van der Waals surface area contributed by atoms with Gasteiger partial charge in [-0.15, -0.1) is 0 Å². The van der Waals surface area contributed by atoms with Gasteiger partial charge >= 0.3 is 0 Å². The number of aliphatic hydroxyl groups is 1. The molecule has 0 saturated carbocycles. The van der Waals surface area contributed by atoms with E-state index < -0.39 is 41.5 Å². The molecule has 6 atom stereocenters. The Morgan fingerprint density at radius 3 is 2.73 bits per heavy atom. The lowest BCUT2D eigenvalue weighted by Gasteiger charge is -2.36. The highest BCUT2D eigenvalue weighted by Gasteiger charge is 2.75. The Balaban J connectivity index is 1.73. The van der Waals surface area contributed by atoms with Crippen molar-refractivity contribution >= 4 is 35.0 Å². The standard InChI is InChI=1S/C24H32ClN3O5/c1-4-11-26-21(30)17-16-9-10-24(33-16)18(17)23(32)28(14(5-2)12-29)20(24)22(31)27-19-13(3)7-6-8-15(19)25/h6-8,14,16-18,20,29H,4-5,9-12H2,1-3H3,(H,26,30)(H,27,31)/t14-,16+,17-,18-,20?,24?/m0/s1. The van der Waals surface area contributed by atoms with Gasteiger partial charge in [-0.05, 0) is 44.2 Å². The Morgan fingerprint density at radius 2 is 2.09 bits per heavy atom. The number of carbonyl (C=O) groups excluding carboxylic acids is 3. The van der Waals surface area contributed by atoms with Gasteiger partial charge in [-0.1, -0.05) is 37.6 Å². The molecule has 3 N–H and O–H groups in total. The van der Waals surface area contributed by atoms with Crippen LogP contribution >= 0.6 is 11.6 Å². The number of benzene rings is 1. The van der Waals surface area contributed by atoms with Crippen LogP contribution in [0.15, 0.2) is 18.2 Å². The summed E-state index contributed by atoms with van der Waals surface area (Å²) in [7, 11) is 0. The van der Waals surface area contributed by atoms with Crippen LogP contribution in [0.25, 0.3) is 0 Å². The maximum atomic E-state index is 13.8. The second-order valence-corrected chi connectivity index (χ2v) is 9.67. The van der Waals surface area contributed by atoms with Crippen molar-refractivity contribution in [1.29, 1.82) is 0 Å². The van der Waals surface area contributed by atoms with Crippen molar-refractivity contribution in [2.75, 3.05) is 18.5 Å². The number of para-hydroxylation sites is 1. The number of ether oxygens (including phenoxy) is 1. The first-order chi connectivity index (χ1) is 15.8. The van der Waals surface area contributed by atoms with Crippen molar-refractivity contribution in [2.24, 2.45) is 11.8 Å². The van der Waals surface area contributed by atoms with E-state index in [9.17, 15) is 19.5 Å². The molecule has 0 aromatic heterocycles. The van der Waals surface area contributed by atoms with Gasteiger partial charge in [0.1, 0.15) is 11.6 Å². The summed E-state index contributed by atoms with van der Waals surface area (Å²) in [6.45, 7) is 5.90. The number of nitrogens with one attached hydrogen (secondary N) is 2. The number of rotatable bonds is 8. The average Bonchev–Trinajstić information content (AvgIpc) is 3.43. The molecule has 2 unspecified atom stereocenters. The summed E-state index contributed by atoms with van der Waals surface area (Å²) >= 11 is 6.34. The van der Waals surface area contributed by atoms with Crippen molar-refractivity contribution < 1.29 is 24.2 Å². The minimum Gasteiger partial charge on any atom is -0.394 e. The van der Waals surface area contributed by atoms with E-state index in [0.29, 0.717) is 36.5 Å². The zero-order chi connectivity index (χ0) is 23.9. The predicted octanol–water partition coefficient (Wildman–Crippen LogP) is 2.26. The zero-order valence-electron chi connectivity index (χ0n) is 19.3. The molecule has 9 heteroatoms. The van der Waals surface area contributed by atoms with Gasteiger partial charge in [0.15, 0.2) is 0 Å². The predicted molar refractivity (Wildman–Crippen MR) is 124 cm³/mol. The van der Waals surface area contributed by atoms with Gasteiger partial charge in [0, 0.05) is 6.54 Å². The highest BCUT2D eigenvalue weighted by molar-refractivity contribution is 6.34. The third-order valence-electron chi connectivity index (χ3n) is 7.38. The molecule has 3 aliphatic heterocycles.